The quantitative estimate of drug-likeness (QED) is 0.768. The van der Waals surface area contributed by atoms with Gasteiger partial charge in [-0.15, -0.1) is 0 Å². The molecule has 2 aromatic rings. The van der Waals surface area contributed by atoms with Crippen LogP contribution in [0.1, 0.15) is 26.3 Å². The summed E-state index contributed by atoms with van der Waals surface area (Å²) in [6.07, 6.45) is 0. The summed E-state index contributed by atoms with van der Waals surface area (Å²) in [7, 11) is 0. The number of hydrogen-bond donors (Lipinski definition) is 2. The smallest absolute Gasteiger partial charge is 0.148 e. The zero-order valence-electron chi connectivity index (χ0n) is 11.4. The van der Waals surface area contributed by atoms with E-state index >= 15 is 0 Å². The molecule has 0 spiro atoms. The maximum atomic E-state index is 10.6. The first-order valence-electron chi connectivity index (χ1n) is 6.27. The fourth-order valence-corrected chi connectivity index (χ4v) is 1.99. The highest BCUT2D eigenvalue weighted by Gasteiger charge is 2.23. The fraction of sp³-hybridized carbons (Fsp3) is 0.294. The molecule has 0 radical (unpaired) electrons. The van der Waals surface area contributed by atoms with Crippen molar-refractivity contribution in [1.29, 1.82) is 0 Å². The third-order valence-corrected chi connectivity index (χ3v) is 2.93. The topological polar surface area (TPSA) is 40.5 Å². The van der Waals surface area contributed by atoms with Gasteiger partial charge >= 0.3 is 0 Å². The van der Waals surface area contributed by atoms with Gasteiger partial charge in [-0.1, -0.05) is 54.3 Å². The van der Waals surface area contributed by atoms with Crippen LogP contribution in [0.15, 0.2) is 42.5 Å². The Hall–Kier alpha value is -1.82. The largest absolute Gasteiger partial charge is 0.378 e. The van der Waals surface area contributed by atoms with Crippen LogP contribution in [-0.4, -0.2) is 15.8 Å². The van der Waals surface area contributed by atoms with Gasteiger partial charge in [0.15, 0.2) is 0 Å². The SMILES string of the molecule is CC(C)(O)C#CC(C)(O)c1cccc2ccccc12. The Labute approximate surface area is 113 Å². The predicted octanol–water partition coefficient (Wildman–Crippen LogP) is 2.82. The van der Waals surface area contributed by atoms with Gasteiger partial charge in [0, 0.05) is 5.56 Å². The van der Waals surface area contributed by atoms with E-state index in [0.717, 1.165) is 16.3 Å². The van der Waals surface area contributed by atoms with Gasteiger partial charge in [0.25, 0.3) is 0 Å². The standard InChI is InChI=1S/C17H18O2/c1-16(2,18)11-12-17(3,19)15-10-6-8-13-7-4-5-9-14(13)15/h4-10,18-19H,1-3H3. The van der Waals surface area contributed by atoms with E-state index in [-0.39, 0.29) is 0 Å². The molecule has 0 amide bonds. The van der Waals surface area contributed by atoms with Crippen LogP contribution in [0.2, 0.25) is 0 Å². The van der Waals surface area contributed by atoms with Gasteiger partial charge < -0.3 is 10.2 Å². The minimum atomic E-state index is -1.29. The van der Waals surface area contributed by atoms with Crippen LogP contribution in [0.4, 0.5) is 0 Å². The number of hydrogen-bond acceptors (Lipinski definition) is 2. The molecule has 2 nitrogen and oxygen atoms in total. The number of aliphatic hydroxyl groups is 2. The van der Waals surface area contributed by atoms with Crippen LogP contribution in [0.25, 0.3) is 10.8 Å². The summed E-state index contributed by atoms with van der Waals surface area (Å²) in [6, 6.07) is 13.6. The maximum Gasteiger partial charge on any atom is 0.148 e. The van der Waals surface area contributed by atoms with Crippen molar-refractivity contribution in [3.05, 3.63) is 48.0 Å². The summed E-state index contributed by atoms with van der Waals surface area (Å²) >= 11 is 0. The predicted molar refractivity (Wildman–Crippen MR) is 77.6 cm³/mol. The van der Waals surface area contributed by atoms with E-state index in [2.05, 4.69) is 11.8 Å². The Bertz CT molecular complexity index is 647. The molecule has 0 fully saturated rings. The summed E-state index contributed by atoms with van der Waals surface area (Å²) < 4.78 is 0. The lowest BCUT2D eigenvalue weighted by atomic mass is 9.91. The second kappa shape index (κ2) is 4.70. The Morgan fingerprint density at radius 2 is 1.47 bits per heavy atom. The van der Waals surface area contributed by atoms with E-state index in [1.54, 1.807) is 20.8 Å². The van der Waals surface area contributed by atoms with E-state index in [4.69, 9.17) is 0 Å². The minimum Gasteiger partial charge on any atom is -0.378 e. The van der Waals surface area contributed by atoms with Crippen LogP contribution in [0, 0.1) is 11.8 Å². The van der Waals surface area contributed by atoms with E-state index in [1.165, 1.54) is 0 Å². The summed E-state index contributed by atoms with van der Waals surface area (Å²) in [5, 5.41) is 22.3. The van der Waals surface area contributed by atoms with Crippen LogP contribution in [-0.2, 0) is 5.60 Å². The first-order valence-corrected chi connectivity index (χ1v) is 6.27. The maximum absolute atomic E-state index is 10.6. The molecule has 0 heterocycles. The molecule has 1 unspecified atom stereocenters. The van der Waals surface area contributed by atoms with Gasteiger partial charge in [-0.2, -0.15) is 0 Å². The molecular weight excluding hydrogens is 236 g/mol. The van der Waals surface area contributed by atoms with Crippen LogP contribution in [0.5, 0.6) is 0 Å². The van der Waals surface area contributed by atoms with Crippen molar-refractivity contribution in [2.24, 2.45) is 0 Å². The normalized spacial score (nSPS) is 14.6. The monoisotopic (exact) mass is 254 g/mol. The van der Waals surface area contributed by atoms with Gasteiger partial charge in [-0.25, -0.2) is 0 Å². The summed E-state index contributed by atoms with van der Waals surface area (Å²) in [6.45, 7) is 4.84. The Morgan fingerprint density at radius 1 is 0.842 bits per heavy atom. The molecule has 0 aliphatic rings. The molecule has 2 rings (SSSR count). The molecule has 2 N–H and O–H groups in total. The van der Waals surface area contributed by atoms with Crippen molar-refractivity contribution in [1.82, 2.24) is 0 Å². The average Bonchev–Trinajstić information content (AvgIpc) is 2.35. The summed E-state index contributed by atoms with van der Waals surface area (Å²) in [5.41, 5.74) is -1.66. The van der Waals surface area contributed by atoms with Crippen LogP contribution < -0.4 is 0 Å². The first kappa shape index (κ1) is 13.6. The number of rotatable bonds is 1. The molecule has 1 atom stereocenters. The number of fused-ring (bicyclic) bond motifs is 1. The van der Waals surface area contributed by atoms with Crippen molar-refractivity contribution < 1.29 is 10.2 Å². The van der Waals surface area contributed by atoms with E-state index in [9.17, 15) is 10.2 Å². The van der Waals surface area contributed by atoms with Gasteiger partial charge in [0.05, 0.1) is 0 Å². The fourth-order valence-electron chi connectivity index (χ4n) is 1.99. The molecule has 0 saturated heterocycles. The van der Waals surface area contributed by atoms with E-state index in [0.29, 0.717) is 0 Å². The van der Waals surface area contributed by atoms with Crippen molar-refractivity contribution in [2.75, 3.05) is 0 Å². The second-order valence-corrected chi connectivity index (χ2v) is 5.41. The van der Waals surface area contributed by atoms with Crippen molar-refractivity contribution in [3.63, 3.8) is 0 Å². The van der Waals surface area contributed by atoms with E-state index < -0.39 is 11.2 Å². The molecule has 0 bridgehead atoms. The minimum absolute atomic E-state index is 0.752. The third-order valence-electron chi connectivity index (χ3n) is 2.93. The highest BCUT2D eigenvalue weighted by Crippen LogP contribution is 2.28. The van der Waals surface area contributed by atoms with Crippen LogP contribution in [0.3, 0.4) is 0 Å². The van der Waals surface area contributed by atoms with Crippen LogP contribution >= 0.6 is 0 Å². The molecule has 98 valence electrons. The van der Waals surface area contributed by atoms with Gasteiger partial charge in [0.2, 0.25) is 0 Å². The van der Waals surface area contributed by atoms with Crippen molar-refractivity contribution >= 4 is 10.8 Å². The molecule has 19 heavy (non-hydrogen) atoms. The Kier molecular flexibility index (Phi) is 3.36. The lowest BCUT2D eigenvalue weighted by molar-refractivity contribution is 0.118. The highest BCUT2D eigenvalue weighted by molar-refractivity contribution is 5.86. The zero-order chi connectivity index (χ0) is 14.1. The average molecular weight is 254 g/mol. The lowest BCUT2D eigenvalue weighted by Gasteiger charge is -2.20. The summed E-state index contributed by atoms with van der Waals surface area (Å²) in [4.78, 5) is 0. The van der Waals surface area contributed by atoms with Gasteiger partial charge in [0.1, 0.15) is 11.2 Å². The second-order valence-electron chi connectivity index (χ2n) is 5.41. The lowest BCUT2D eigenvalue weighted by Crippen LogP contribution is -2.22. The Morgan fingerprint density at radius 3 is 2.16 bits per heavy atom. The molecule has 0 aliphatic carbocycles. The van der Waals surface area contributed by atoms with Gasteiger partial charge in [-0.05, 0) is 31.5 Å². The molecule has 0 aliphatic heterocycles. The Balaban J connectivity index is 2.57. The molecule has 0 saturated carbocycles. The number of benzene rings is 2. The third kappa shape index (κ3) is 3.14. The molecule has 0 aromatic heterocycles. The summed E-state index contributed by atoms with van der Waals surface area (Å²) in [5.74, 6) is 5.44. The van der Waals surface area contributed by atoms with Crippen molar-refractivity contribution in [2.45, 2.75) is 32.0 Å². The van der Waals surface area contributed by atoms with Crippen molar-refractivity contribution in [3.8, 4) is 11.8 Å². The highest BCUT2D eigenvalue weighted by atomic mass is 16.3. The van der Waals surface area contributed by atoms with E-state index in [1.807, 2.05) is 42.5 Å². The first-order chi connectivity index (χ1) is 8.80. The van der Waals surface area contributed by atoms with Gasteiger partial charge in [-0.3, -0.25) is 0 Å². The molecule has 2 aromatic carbocycles. The zero-order valence-corrected chi connectivity index (χ0v) is 11.4. The molecular formula is C17H18O2. The molecule has 2 heteroatoms.